The molecule has 0 aliphatic heterocycles. The van der Waals surface area contributed by atoms with E-state index in [2.05, 4.69) is 0 Å². The Kier molecular flexibility index (Phi) is 4.02. The lowest BCUT2D eigenvalue weighted by molar-refractivity contribution is 0.0204. The largest absolute Gasteiger partial charge is 0.390 e. The van der Waals surface area contributed by atoms with Crippen molar-refractivity contribution in [3.8, 4) is 0 Å². The highest BCUT2D eigenvalue weighted by Gasteiger charge is 2.30. The second-order valence-electron chi connectivity index (χ2n) is 5.37. The van der Waals surface area contributed by atoms with Gasteiger partial charge in [0.2, 0.25) is 0 Å². The number of benzene rings is 1. The van der Waals surface area contributed by atoms with E-state index in [-0.39, 0.29) is 0 Å². The van der Waals surface area contributed by atoms with Crippen LogP contribution in [0.15, 0.2) is 18.2 Å². The summed E-state index contributed by atoms with van der Waals surface area (Å²) in [6, 6.07) is 5.47. The molecule has 1 aromatic carbocycles. The molecule has 17 heavy (non-hydrogen) atoms. The van der Waals surface area contributed by atoms with Crippen LogP contribution in [0, 0.1) is 5.92 Å². The van der Waals surface area contributed by atoms with Crippen molar-refractivity contribution in [1.29, 1.82) is 0 Å². The van der Waals surface area contributed by atoms with Gasteiger partial charge in [-0.15, -0.1) is 0 Å². The molecular weight excluding hydrogens is 255 g/mol. The van der Waals surface area contributed by atoms with Crippen molar-refractivity contribution in [1.82, 2.24) is 0 Å². The fourth-order valence-corrected chi connectivity index (χ4v) is 3.00. The molecule has 1 fully saturated rings. The van der Waals surface area contributed by atoms with Gasteiger partial charge in [0.05, 0.1) is 5.60 Å². The van der Waals surface area contributed by atoms with E-state index in [4.69, 9.17) is 23.2 Å². The van der Waals surface area contributed by atoms with E-state index >= 15 is 0 Å². The molecule has 0 amide bonds. The molecule has 94 valence electrons. The van der Waals surface area contributed by atoms with Gasteiger partial charge >= 0.3 is 0 Å². The number of hydrogen-bond donors (Lipinski definition) is 1. The van der Waals surface area contributed by atoms with Crippen LogP contribution in [0.4, 0.5) is 0 Å². The van der Waals surface area contributed by atoms with E-state index in [9.17, 15) is 5.11 Å². The van der Waals surface area contributed by atoms with Crippen LogP contribution in [-0.2, 0) is 6.42 Å². The molecular formula is C14H18Cl2O. The van der Waals surface area contributed by atoms with E-state index in [1.165, 1.54) is 19.3 Å². The van der Waals surface area contributed by atoms with E-state index < -0.39 is 5.60 Å². The Morgan fingerprint density at radius 1 is 1.29 bits per heavy atom. The van der Waals surface area contributed by atoms with Crippen LogP contribution in [0.3, 0.4) is 0 Å². The second-order valence-corrected chi connectivity index (χ2v) is 6.19. The fraction of sp³-hybridized carbons (Fsp3) is 0.571. The maximum absolute atomic E-state index is 10.4. The molecule has 1 nitrogen and oxygen atoms in total. The van der Waals surface area contributed by atoms with Crippen LogP contribution in [-0.4, -0.2) is 10.7 Å². The molecule has 3 heteroatoms. The van der Waals surface area contributed by atoms with Crippen molar-refractivity contribution >= 4 is 23.2 Å². The summed E-state index contributed by atoms with van der Waals surface area (Å²) in [6.45, 7) is 1.88. The number of halogens is 2. The first-order chi connectivity index (χ1) is 7.98. The van der Waals surface area contributed by atoms with E-state index in [0.29, 0.717) is 22.4 Å². The van der Waals surface area contributed by atoms with Crippen molar-refractivity contribution in [2.45, 2.75) is 44.6 Å². The Bertz CT molecular complexity index is 377. The summed E-state index contributed by atoms with van der Waals surface area (Å²) in [6.07, 6.45) is 5.16. The van der Waals surface area contributed by atoms with Gasteiger partial charge in [-0.1, -0.05) is 48.5 Å². The third kappa shape index (κ3) is 3.37. The van der Waals surface area contributed by atoms with Gasteiger partial charge in [-0.25, -0.2) is 0 Å². The Balaban J connectivity index is 2.07. The monoisotopic (exact) mass is 272 g/mol. The van der Waals surface area contributed by atoms with Crippen LogP contribution >= 0.6 is 23.2 Å². The fourth-order valence-electron chi connectivity index (χ4n) is 2.47. The number of rotatable bonds is 4. The molecule has 1 N–H and O–H groups in total. The molecule has 0 bridgehead atoms. The SMILES string of the molecule is CC(O)(Cc1c(Cl)cccc1Cl)CC1CCC1. The molecule has 2 rings (SSSR count). The minimum Gasteiger partial charge on any atom is -0.390 e. The molecule has 1 aliphatic carbocycles. The molecule has 0 heterocycles. The first-order valence-corrected chi connectivity index (χ1v) is 6.89. The maximum atomic E-state index is 10.4. The van der Waals surface area contributed by atoms with Crippen molar-refractivity contribution in [2.24, 2.45) is 5.92 Å². The summed E-state index contributed by atoms with van der Waals surface area (Å²) in [5.41, 5.74) is 0.153. The van der Waals surface area contributed by atoms with Crippen molar-refractivity contribution < 1.29 is 5.11 Å². The van der Waals surface area contributed by atoms with Crippen LogP contribution in [0.25, 0.3) is 0 Å². The molecule has 1 aliphatic rings. The molecule has 0 spiro atoms. The number of aliphatic hydroxyl groups is 1. The summed E-state index contributed by atoms with van der Waals surface area (Å²) < 4.78 is 0. The Labute approximate surface area is 113 Å². The lowest BCUT2D eigenvalue weighted by Crippen LogP contribution is -2.32. The Morgan fingerprint density at radius 2 is 1.88 bits per heavy atom. The quantitative estimate of drug-likeness (QED) is 0.857. The molecule has 1 unspecified atom stereocenters. The van der Waals surface area contributed by atoms with Crippen LogP contribution in [0.2, 0.25) is 10.0 Å². The van der Waals surface area contributed by atoms with Crippen LogP contribution < -0.4 is 0 Å². The van der Waals surface area contributed by atoms with Gasteiger partial charge in [0, 0.05) is 16.5 Å². The summed E-state index contributed by atoms with van der Waals surface area (Å²) in [5, 5.41) is 11.7. The minimum atomic E-state index is -0.709. The predicted octanol–water partition coefficient (Wildman–Crippen LogP) is 4.48. The summed E-state index contributed by atoms with van der Waals surface area (Å²) in [7, 11) is 0. The van der Waals surface area contributed by atoms with Crippen LogP contribution in [0.1, 0.15) is 38.2 Å². The summed E-state index contributed by atoms with van der Waals surface area (Å²) >= 11 is 12.2. The summed E-state index contributed by atoms with van der Waals surface area (Å²) in [5.74, 6) is 0.672. The average molecular weight is 273 g/mol. The Morgan fingerprint density at radius 3 is 2.35 bits per heavy atom. The van der Waals surface area contributed by atoms with Gasteiger partial charge in [-0.05, 0) is 37.0 Å². The molecule has 0 aromatic heterocycles. The van der Waals surface area contributed by atoms with E-state index in [1.54, 1.807) is 0 Å². The van der Waals surface area contributed by atoms with Gasteiger partial charge in [0.1, 0.15) is 0 Å². The average Bonchev–Trinajstić information content (AvgIpc) is 2.18. The van der Waals surface area contributed by atoms with Crippen molar-refractivity contribution in [3.63, 3.8) is 0 Å². The topological polar surface area (TPSA) is 20.2 Å². The number of hydrogen-bond acceptors (Lipinski definition) is 1. The first kappa shape index (κ1) is 13.2. The zero-order valence-electron chi connectivity index (χ0n) is 10.0. The van der Waals surface area contributed by atoms with Gasteiger partial charge < -0.3 is 5.11 Å². The van der Waals surface area contributed by atoms with Crippen LogP contribution in [0.5, 0.6) is 0 Å². The third-order valence-corrected chi connectivity index (χ3v) is 4.28. The first-order valence-electron chi connectivity index (χ1n) is 6.13. The lowest BCUT2D eigenvalue weighted by Gasteiger charge is -2.33. The minimum absolute atomic E-state index is 0.530. The summed E-state index contributed by atoms with van der Waals surface area (Å²) in [4.78, 5) is 0. The zero-order chi connectivity index (χ0) is 12.5. The highest BCUT2D eigenvalue weighted by molar-refractivity contribution is 6.36. The highest BCUT2D eigenvalue weighted by Crippen LogP contribution is 2.36. The van der Waals surface area contributed by atoms with Crippen molar-refractivity contribution in [3.05, 3.63) is 33.8 Å². The van der Waals surface area contributed by atoms with E-state index in [1.807, 2.05) is 25.1 Å². The highest BCUT2D eigenvalue weighted by atomic mass is 35.5. The van der Waals surface area contributed by atoms with Gasteiger partial charge in [0.25, 0.3) is 0 Å². The molecule has 0 radical (unpaired) electrons. The second kappa shape index (κ2) is 5.17. The predicted molar refractivity (Wildman–Crippen MR) is 72.7 cm³/mol. The standard InChI is InChI=1S/C14H18Cl2O/c1-14(17,8-10-4-2-5-10)9-11-12(15)6-3-7-13(11)16/h3,6-7,10,17H,2,4-5,8-9H2,1H3. The third-order valence-electron chi connectivity index (χ3n) is 3.57. The molecule has 0 saturated heterocycles. The van der Waals surface area contributed by atoms with Gasteiger partial charge in [-0.3, -0.25) is 0 Å². The maximum Gasteiger partial charge on any atom is 0.0663 e. The van der Waals surface area contributed by atoms with Crippen molar-refractivity contribution in [2.75, 3.05) is 0 Å². The zero-order valence-corrected chi connectivity index (χ0v) is 11.6. The Hall–Kier alpha value is -0.240. The lowest BCUT2D eigenvalue weighted by atomic mass is 9.76. The van der Waals surface area contributed by atoms with Gasteiger partial charge in [0.15, 0.2) is 0 Å². The normalized spacial score (nSPS) is 19.8. The van der Waals surface area contributed by atoms with Gasteiger partial charge in [-0.2, -0.15) is 0 Å². The molecule has 1 atom stereocenters. The van der Waals surface area contributed by atoms with E-state index in [0.717, 1.165) is 12.0 Å². The molecule has 1 saturated carbocycles. The smallest absolute Gasteiger partial charge is 0.0663 e. The molecule has 1 aromatic rings.